The highest BCUT2D eigenvalue weighted by Crippen LogP contribution is 2.34. The maximum Gasteiger partial charge on any atom is 0.162 e. The molecule has 1 fully saturated rings. The van der Waals surface area contributed by atoms with Crippen LogP contribution >= 0.6 is 11.6 Å². The molecule has 1 aliphatic heterocycles. The van der Waals surface area contributed by atoms with Gasteiger partial charge in [0.2, 0.25) is 0 Å². The van der Waals surface area contributed by atoms with E-state index in [9.17, 15) is 0 Å². The lowest BCUT2D eigenvalue weighted by atomic mass is 10.1. The predicted molar refractivity (Wildman–Crippen MR) is 148 cm³/mol. The monoisotopic (exact) mass is 520 g/mol. The minimum absolute atomic E-state index is 0.442. The third-order valence-electron chi connectivity index (χ3n) is 7.05. The van der Waals surface area contributed by atoms with Crippen molar-refractivity contribution in [3.63, 3.8) is 0 Å². The van der Waals surface area contributed by atoms with Gasteiger partial charge in [-0.3, -0.25) is 14.6 Å². The van der Waals surface area contributed by atoms with Gasteiger partial charge in [0.05, 0.1) is 37.7 Å². The number of anilines is 1. The van der Waals surface area contributed by atoms with E-state index in [2.05, 4.69) is 20.9 Å². The van der Waals surface area contributed by atoms with Gasteiger partial charge in [-0.25, -0.2) is 0 Å². The Bertz CT molecular complexity index is 1350. The molecule has 1 saturated heterocycles. The van der Waals surface area contributed by atoms with Crippen molar-refractivity contribution in [1.29, 1.82) is 0 Å². The maximum atomic E-state index is 6.39. The molecule has 3 heterocycles. The quantitative estimate of drug-likeness (QED) is 0.357. The van der Waals surface area contributed by atoms with Crippen LogP contribution in [0.5, 0.6) is 11.5 Å². The summed E-state index contributed by atoms with van der Waals surface area (Å²) in [6, 6.07) is 16.0. The molecule has 9 heteroatoms. The number of pyridine rings is 1. The largest absolute Gasteiger partial charge is 0.493 e. The number of piperazine rings is 1. The van der Waals surface area contributed by atoms with Crippen LogP contribution in [-0.2, 0) is 19.5 Å². The fourth-order valence-electron chi connectivity index (χ4n) is 5.04. The molecule has 37 heavy (non-hydrogen) atoms. The molecular weight excluding hydrogens is 488 g/mol. The maximum absolute atomic E-state index is 6.39. The number of benzene rings is 2. The molecule has 4 aromatic rings. The number of hydrogen-bond donors (Lipinski definition) is 1. The topological polar surface area (TPSA) is 81.7 Å². The second kappa shape index (κ2) is 11.4. The Hall–Kier alpha value is -3.33. The highest BCUT2D eigenvalue weighted by molar-refractivity contribution is 6.31. The van der Waals surface area contributed by atoms with Gasteiger partial charge in [-0.1, -0.05) is 23.7 Å². The van der Waals surface area contributed by atoms with Gasteiger partial charge in [0.1, 0.15) is 0 Å². The molecule has 0 aliphatic carbocycles. The molecule has 0 atom stereocenters. The highest BCUT2D eigenvalue weighted by atomic mass is 35.5. The first-order chi connectivity index (χ1) is 18.1. The standard InChI is InChI=1S/C28H33ClN6O2/c1-36-27-16-21-24(32-35(26(21)17-28(27)37-2)19-20-6-3-4-10-31-20)9-11-33-12-14-34(15-13-33)25-8-5-7-23(29)22(25)18-30/h3-8,10,16-17H,9,11-15,18-19,30H2,1-2H3. The van der Waals surface area contributed by atoms with Crippen LogP contribution in [0.3, 0.4) is 0 Å². The number of aromatic nitrogens is 3. The SMILES string of the molecule is COc1cc2c(CCN3CCN(c4cccc(Cl)c4CN)CC3)nn(Cc3ccccn3)c2cc1OC. The summed E-state index contributed by atoms with van der Waals surface area (Å²) >= 11 is 6.39. The van der Waals surface area contributed by atoms with E-state index >= 15 is 0 Å². The van der Waals surface area contributed by atoms with Gasteiger partial charge in [-0.2, -0.15) is 5.10 Å². The Kier molecular flexibility index (Phi) is 7.79. The van der Waals surface area contributed by atoms with E-state index in [0.29, 0.717) is 24.6 Å². The molecule has 2 aromatic heterocycles. The van der Waals surface area contributed by atoms with Gasteiger partial charge >= 0.3 is 0 Å². The Morgan fingerprint density at radius 1 is 0.973 bits per heavy atom. The average Bonchev–Trinajstić information content (AvgIpc) is 3.27. The zero-order valence-corrected chi connectivity index (χ0v) is 22.1. The van der Waals surface area contributed by atoms with Crippen molar-refractivity contribution < 1.29 is 9.47 Å². The molecule has 0 radical (unpaired) electrons. The fourth-order valence-corrected chi connectivity index (χ4v) is 5.29. The summed E-state index contributed by atoms with van der Waals surface area (Å²) in [6.45, 7) is 5.78. The number of nitrogens with two attached hydrogens (primary N) is 1. The van der Waals surface area contributed by atoms with Crippen molar-refractivity contribution in [2.75, 3.05) is 51.8 Å². The highest BCUT2D eigenvalue weighted by Gasteiger charge is 2.21. The Labute approximate surface area is 222 Å². The van der Waals surface area contributed by atoms with Gasteiger partial charge in [-0.05, 0) is 30.3 Å². The zero-order chi connectivity index (χ0) is 25.8. The summed E-state index contributed by atoms with van der Waals surface area (Å²) in [6.07, 6.45) is 2.65. The number of methoxy groups -OCH3 is 2. The molecule has 2 aromatic carbocycles. The number of ether oxygens (including phenoxy) is 2. The molecule has 0 bridgehead atoms. The molecular formula is C28H33ClN6O2. The molecule has 0 spiro atoms. The van der Waals surface area contributed by atoms with Crippen LogP contribution in [0.4, 0.5) is 5.69 Å². The molecule has 2 N–H and O–H groups in total. The Morgan fingerprint density at radius 3 is 2.46 bits per heavy atom. The second-order valence-corrected chi connectivity index (χ2v) is 9.58. The van der Waals surface area contributed by atoms with Crippen LogP contribution < -0.4 is 20.1 Å². The smallest absolute Gasteiger partial charge is 0.162 e. The third kappa shape index (κ3) is 5.37. The van der Waals surface area contributed by atoms with Crippen molar-refractivity contribution in [3.8, 4) is 11.5 Å². The lowest BCUT2D eigenvalue weighted by Gasteiger charge is -2.37. The fraction of sp³-hybridized carbons (Fsp3) is 0.357. The van der Waals surface area contributed by atoms with Crippen LogP contribution in [0.15, 0.2) is 54.7 Å². The van der Waals surface area contributed by atoms with Gasteiger partial charge in [0.25, 0.3) is 0 Å². The number of hydrogen-bond acceptors (Lipinski definition) is 7. The van der Waals surface area contributed by atoms with Gasteiger partial charge < -0.3 is 20.1 Å². The summed E-state index contributed by atoms with van der Waals surface area (Å²) in [5, 5.41) is 6.84. The number of rotatable bonds is 9. The molecule has 0 unspecified atom stereocenters. The zero-order valence-electron chi connectivity index (χ0n) is 21.4. The summed E-state index contributed by atoms with van der Waals surface area (Å²) in [5.74, 6) is 1.40. The van der Waals surface area contributed by atoms with Crippen molar-refractivity contribution in [2.45, 2.75) is 19.5 Å². The van der Waals surface area contributed by atoms with Crippen molar-refractivity contribution in [3.05, 3.63) is 76.7 Å². The second-order valence-electron chi connectivity index (χ2n) is 9.17. The average molecular weight is 521 g/mol. The van der Waals surface area contributed by atoms with Crippen LogP contribution in [0, 0.1) is 0 Å². The molecule has 1 aliphatic rings. The molecule has 0 saturated carbocycles. The van der Waals surface area contributed by atoms with Crippen LogP contribution in [0.25, 0.3) is 10.9 Å². The van der Waals surface area contributed by atoms with E-state index in [0.717, 1.165) is 77.7 Å². The summed E-state index contributed by atoms with van der Waals surface area (Å²) < 4.78 is 13.2. The van der Waals surface area contributed by atoms with Gasteiger partial charge in [0.15, 0.2) is 11.5 Å². The van der Waals surface area contributed by atoms with E-state index < -0.39 is 0 Å². The summed E-state index contributed by atoms with van der Waals surface area (Å²) in [4.78, 5) is 9.37. The molecule has 194 valence electrons. The first-order valence-electron chi connectivity index (χ1n) is 12.6. The van der Waals surface area contributed by atoms with Crippen LogP contribution in [0.1, 0.15) is 17.0 Å². The van der Waals surface area contributed by atoms with E-state index in [1.54, 1.807) is 14.2 Å². The van der Waals surface area contributed by atoms with Crippen LogP contribution in [0.2, 0.25) is 5.02 Å². The lowest BCUT2D eigenvalue weighted by Crippen LogP contribution is -2.47. The third-order valence-corrected chi connectivity index (χ3v) is 7.40. The Balaban J connectivity index is 1.32. The van der Waals surface area contributed by atoms with E-state index in [-0.39, 0.29) is 0 Å². The Morgan fingerprint density at radius 2 is 1.76 bits per heavy atom. The normalized spacial score (nSPS) is 14.3. The minimum atomic E-state index is 0.442. The van der Waals surface area contributed by atoms with Crippen LogP contribution in [-0.4, -0.2) is 66.6 Å². The van der Waals surface area contributed by atoms with Crippen molar-refractivity contribution in [1.82, 2.24) is 19.7 Å². The number of nitrogens with zero attached hydrogens (tertiary/aromatic N) is 5. The number of halogens is 1. The van der Waals surface area contributed by atoms with Gasteiger partial charge in [0, 0.05) is 79.6 Å². The van der Waals surface area contributed by atoms with E-state index in [1.165, 1.54) is 0 Å². The van der Waals surface area contributed by atoms with E-state index in [1.807, 2.05) is 53.3 Å². The molecule has 8 nitrogen and oxygen atoms in total. The van der Waals surface area contributed by atoms with E-state index in [4.69, 9.17) is 31.9 Å². The lowest BCUT2D eigenvalue weighted by molar-refractivity contribution is 0.260. The first-order valence-corrected chi connectivity index (χ1v) is 12.9. The summed E-state index contributed by atoms with van der Waals surface area (Å²) in [7, 11) is 3.32. The van der Waals surface area contributed by atoms with Crippen molar-refractivity contribution in [2.24, 2.45) is 5.73 Å². The first kappa shape index (κ1) is 25.3. The predicted octanol–water partition coefficient (Wildman–Crippen LogP) is 3.97. The van der Waals surface area contributed by atoms with Crippen molar-refractivity contribution >= 4 is 28.2 Å². The molecule has 5 rings (SSSR count). The van der Waals surface area contributed by atoms with Gasteiger partial charge in [-0.15, -0.1) is 0 Å². The minimum Gasteiger partial charge on any atom is -0.493 e. The number of fused-ring (bicyclic) bond motifs is 1. The summed E-state index contributed by atoms with van der Waals surface area (Å²) in [5.41, 5.74) is 11.2. The molecule has 0 amide bonds.